The summed E-state index contributed by atoms with van der Waals surface area (Å²) in [6, 6.07) is 0. The second-order valence-corrected chi connectivity index (χ2v) is 5.47. The highest BCUT2D eigenvalue weighted by atomic mass is 35.5. The predicted octanol–water partition coefficient (Wildman–Crippen LogP) is 3.31. The monoisotopic (exact) mass is 234 g/mol. The van der Waals surface area contributed by atoms with Crippen LogP contribution in [0.5, 0.6) is 0 Å². The molecule has 80 valence electrons. The van der Waals surface area contributed by atoms with Crippen molar-refractivity contribution in [3.8, 4) is 0 Å². The molecule has 1 aliphatic carbocycles. The molecule has 1 rings (SSSR count). The molecule has 0 aliphatic heterocycles. The lowest BCUT2D eigenvalue weighted by Gasteiger charge is -2.34. The van der Waals surface area contributed by atoms with Gasteiger partial charge in [-0.25, -0.2) is 0 Å². The van der Waals surface area contributed by atoms with E-state index in [0.29, 0.717) is 0 Å². The van der Waals surface area contributed by atoms with Gasteiger partial charge < -0.3 is 5.11 Å². The summed E-state index contributed by atoms with van der Waals surface area (Å²) in [5.74, 6) is 0.142. The Morgan fingerprint density at radius 3 is 1.79 bits per heavy atom. The average Bonchev–Trinajstić information content (AvgIpc) is 2.10. The van der Waals surface area contributed by atoms with Gasteiger partial charge in [0.15, 0.2) is 0 Å². The van der Waals surface area contributed by atoms with Crippen LogP contribution in [-0.4, -0.2) is 15.5 Å². The van der Waals surface area contributed by atoms with Crippen molar-refractivity contribution in [3.05, 3.63) is 24.3 Å². The maximum absolute atomic E-state index is 10.1. The lowest BCUT2D eigenvalue weighted by atomic mass is 9.78. The van der Waals surface area contributed by atoms with E-state index in [2.05, 4.69) is 0 Å². The Morgan fingerprint density at radius 2 is 1.50 bits per heavy atom. The molecule has 0 aromatic carbocycles. The summed E-state index contributed by atoms with van der Waals surface area (Å²) in [5, 5.41) is 10.1. The van der Waals surface area contributed by atoms with Crippen molar-refractivity contribution < 1.29 is 5.11 Å². The van der Waals surface area contributed by atoms with Gasteiger partial charge in [-0.3, -0.25) is 0 Å². The zero-order valence-corrected chi connectivity index (χ0v) is 10.2. The molecule has 0 aromatic heterocycles. The second-order valence-electron chi connectivity index (χ2n) is 4.38. The molecule has 14 heavy (non-hydrogen) atoms. The molecule has 0 heterocycles. The van der Waals surface area contributed by atoms with Crippen LogP contribution in [0.15, 0.2) is 24.3 Å². The first kappa shape index (κ1) is 12.1. The maximum Gasteiger partial charge on any atom is 0.120 e. The van der Waals surface area contributed by atoms with Crippen molar-refractivity contribution in [2.45, 2.75) is 31.2 Å². The lowest BCUT2D eigenvalue weighted by molar-refractivity contribution is 0.0881. The van der Waals surface area contributed by atoms with E-state index in [1.165, 1.54) is 0 Å². The molecule has 0 atom stereocenters. The molecular weight excluding hydrogens is 219 g/mol. The third kappa shape index (κ3) is 2.16. The van der Waals surface area contributed by atoms with E-state index in [0.717, 1.165) is 0 Å². The van der Waals surface area contributed by atoms with Gasteiger partial charge >= 0.3 is 0 Å². The summed E-state index contributed by atoms with van der Waals surface area (Å²) in [4.78, 5) is -0.494. The van der Waals surface area contributed by atoms with Gasteiger partial charge in [0.25, 0.3) is 0 Å². The van der Waals surface area contributed by atoms with Crippen molar-refractivity contribution in [1.29, 1.82) is 0 Å². The highest BCUT2D eigenvalue weighted by molar-refractivity contribution is 6.45. The van der Waals surface area contributed by atoms with E-state index in [9.17, 15) is 5.11 Å². The fourth-order valence-corrected chi connectivity index (χ4v) is 1.56. The van der Waals surface area contributed by atoms with Gasteiger partial charge in [0.2, 0.25) is 0 Å². The first-order valence-electron chi connectivity index (χ1n) is 4.71. The number of hydrogen-bond acceptors (Lipinski definition) is 1. The molecule has 0 amide bonds. The number of halogens is 2. The zero-order chi connectivity index (χ0) is 11.0. The van der Waals surface area contributed by atoms with E-state index in [4.69, 9.17) is 23.2 Å². The molecule has 0 saturated heterocycles. The summed E-state index contributed by atoms with van der Waals surface area (Å²) >= 11 is 11.7. The Kier molecular flexibility index (Phi) is 3.35. The Morgan fingerprint density at radius 1 is 1.07 bits per heavy atom. The normalized spacial score (nSPS) is 37.1. The molecule has 0 bridgehead atoms. The van der Waals surface area contributed by atoms with Crippen LogP contribution in [0.3, 0.4) is 0 Å². The highest BCUT2D eigenvalue weighted by Crippen LogP contribution is 2.38. The fourth-order valence-electron chi connectivity index (χ4n) is 1.27. The average molecular weight is 235 g/mol. The first-order valence-corrected chi connectivity index (χ1v) is 5.59. The van der Waals surface area contributed by atoms with E-state index in [1.54, 1.807) is 12.2 Å². The molecule has 1 nitrogen and oxygen atoms in total. The molecule has 0 aromatic rings. The number of alkyl halides is 2. The minimum Gasteiger partial charge on any atom is -0.381 e. The Bertz CT molecular complexity index is 226. The molecule has 1 N–H and O–H groups in total. The van der Waals surface area contributed by atoms with Crippen LogP contribution in [0.2, 0.25) is 0 Å². The van der Waals surface area contributed by atoms with Crippen LogP contribution in [0.1, 0.15) is 20.8 Å². The van der Waals surface area contributed by atoms with Crippen molar-refractivity contribution in [3.63, 3.8) is 0 Å². The quantitative estimate of drug-likeness (QED) is 0.575. The minimum atomic E-state index is -0.859. The smallest absolute Gasteiger partial charge is 0.120 e. The number of aliphatic hydroxyl groups is 1. The van der Waals surface area contributed by atoms with Crippen molar-refractivity contribution >= 4 is 23.2 Å². The van der Waals surface area contributed by atoms with E-state index in [-0.39, 0.29) is 11.3 Å². The highest BCUT2D eigenvalue weighted by Gasteiger charge is 2.34. The van der Waals surface area contributed by atoms with Crippen LogP contribution >= 0.6 is 23.2 Å². The van der Waals surface area contributed by atoms with Crippen LogP contribution < -0.4 is 0 Å². The Balaban J connectivity index is 2.89. The largest absolute Gasteiger partial charge is 0.381 e. The molecule has 1 aliphatic rings. The van der Waals surface area contributed by atoms with Gasteiger partial charge in [0, 0.05) is 5.41 Å². The second kappa shape index (κ2) is 3.88. The fraction of sp³-hybridized carbons (Fsp3) is 0.636. The molecule has 0 fully saturated rings. The van der Waals surface area contributed by atoms with Gasteiger partial charge in [0.1, 0.15) is 10.4 Å². The SMILES string of the molecule is CC(C)C1(O)C=CC(C)(C(Cl)Cl)C=C1. The molecule has 0 radical (unpaired) electrons. The first-order chi connectivity index (χ1) is 6.30. The molecule has 0 spiro atoms. The van der Waals surface area contributed by atoms with Gasteiger partial charge in [-0.05, 0) is 12.8 Å². The lowest BCUT2D eigenvalue weighted by Crippen LogP contribution is -2.35. The number of allylic oxidation sites excluding steroid dienone is 2. The van der Waals surface area contributed by atoms with Gasteiger partial charge in [-0.15, -0.1) is 23.2 Å². The number of rotatable bonds is 2. The van der Waals surface area contributed by atoms with Gasteiger partial charge in [-0.1, -0.05) is 38.2 Å². The van der Waals surface area contributed by atoms with E-state index in [1.807, 2.05) is 32.9 Å². The minimum absolute atomic E-state index is 0.142. The molecular formula is C11H16Cl2O. The van der Waals surface area contributed by atoms with Crippen molar-refractivity contribution in [1.82, 2.24) is 0 Å². The van der Waals surface area contributed by atoms with Crippen LogP contribution in [0.25, 0.3) is 0 Å². The Labute approximate surface area is 95.4 Å². The van der Waals surface area contributed by atoms with Crippen LogP contribution in [0.4, 0.5) is 0 Å². The molecule has 3 heteroatoms. The zero-order valence-electron chi connectivity index (χ0n) is 8.67. The maximum atomic E-state index is 10.1. The topological polar surface area (TPSA) is 20.2 Å². The standard InChI is InChI=1S/C11H16Cl2O/c1-8(2)11(14)6-4-10(3,5-7-11)9(12)13/h4-9,14H,1-3H3. The third-order valence-electron chi connectivity index (χ3n) is 2.81. The van der Waals surface area contributed by atoms with Crippen LogP contribution in [0, 0.1) is 11.3 Å². The van der Waals surface area contributed by atoms with Gasteiger partial charge in [-0.2, -0.15) is 0 Å². The summed E-state index contributed by atoms with van der Waals surface area (Å²) in [6.45, 7) is 5.87. The van der Waals surface area contributed by atoms with Crippen molar-refractivity contribution in [2.24, 2.45) is 11.3 Å². The van der Waals surface area contributed by atoms with Crippen LogP contribution in [-0.2, 0) is 0 Å². The summed E-state index contributed by atoms with van der Waals surface area (Å²) in [7, 11) is 0. The predicted molar refractivity (Wildman–Crippen MR) is 61.7 cm³/mol. The number of hydrogen-bond donors (Lipinski definition) is 1. The summed E-state index contributed by atoms with van der Waals surface area (Å²) < 4.78 is 0. The molecule has 0 unspecified atom stereocenters. The third-order valence-corrected chi connectivity index (χ3v) is 3.75. The van der Waals surface area contributed by atoms with E-state index >= 15 is 0 Å². The van der Waals surface area contributed by atoms with E-state index < -0.39 is 10.4 Å². The molecule has 0 saturated carbocycles. The Hall–Kier alpha value is 0.0200. The van der Waals surface area contributed by atoms with Crippen molar-refractivity contribution in [2.75, 3.05) is 0 Å². The summed E-state index contributed by atoms with van der Waals surface area (Å²) in [5.41, 5.74) is -1.23. The van der Waals surface area contributed by atoms with Gasteiger partial charge in [0.05, 0.1) is 0 Å². The summed E-state index contributed by atoms with van der Waals surface area (Å²) in [6.07, 6.45) is 7.29.